The molecule has 1 fully saturated rings. The molecule has 0 radical (unpaired) electrons. The Balaban J connectivity index is 2.32. The van der Waals surface area contributed by atoms with Gasteiger partial charge in [-0.1, -0.05) is 106 Å². The van der Waals surface area contributed by atoms with E-state index in [4.69, 9.17) is 4.43 Å². The molecule has 1 saturated carbocycles. The number of halogens is 1. The maximum absolute atomic E-state index is 7.05. The largest absolute Gasteiger partial charge is 0.399 e. The Morgan fingerprint density at radius 1 is 1.00 bits per heavy atom. The van der Waals surface area contributed by atoms with Gasteiger partial charge in [-0.15, -0.1) is 0 Å². The van der Waals surface area contributed by atoms with E-state index in [1.807, 2.05) is 0 Å². The molecule has 0 amide bonds. The lowest BCUT2D eigenvalue weighted by Crippen LogP contribution is -2.51. The molecular weight excluding hydrogens is 423 g/mol. The minimum absolute atomic E-state index is 0.209. The van der Waals surface area contributed by atoms with E-state index < -0.39 is 5.81 Å². The normalized spacial score (nSPS) is 22.0. The van der Waals surface area contributed by atoms with Crippen LogP contribution < -0.4 is 0 Å². The Hall–Kier alpha value is -0.133. The van der Waals surface area contributed by atoms with Gasteiger partial charge in [0.2, 0.25) is 0 Å². The van der Waals surface area contributed by atoms with Crippen molar-refractivity contribution in [2.24, 2.45) is 0 Å². The fourth-order valence-corrected chi connectivity index (χ4v) is 8.28. The topological polar surface area (TPSA) is 9.23 Å². The first-order valence-corrected chi connectivity index (χ1v) is 14.2. The lowest BCUT2D eigenvalue weighted by molar-refractivity contribution is 0.181. The van der Waals surface area contributed by atoms with E-state index in [9.17, 15) is 0 Å². The lowest BCUT2D eigenvalue weighted by Gasteiger charge is -2.49. The number of hydrogen-bond acceptors (Lipinski definition) is 1. The van der Waals surface area contributed by atoms with Crippen molar-refractivity contribution in [2.75, 3.05) is 0 Å². The van der Waals surface area contributed by atoms with Crippen LogP contribution in [0.2, 0.25) is 10.1 Å². The van der Waals surface area contributed by atoms with Crippen LogP contribution in [0.5, 0.6) is 0 Å². The van der Waals surface area contributed by atoms with Gasteiger partial charge in [-0.2, -0.15) is 0 Å². The van der Waals surface area contributed by atoms with Crippen molar-refractivity contribution in [3.8, 4) is 0 Å². The van der Waals surface area contributed by atoms with Crippen LogP contribution in [0.3, 0.4) is 0 Å². The van der Waals surface area contributed by atoms with Crippen molar-refractivity contribution >= 4 is 33.7 Å². The van der Waals surface area contributed by atoms with Crippen LogP contribution in [0.4, 0.5) is 0 Å². The molecule has 1 atom stereocenters. The Labute approximate surface area is 162 Å². The summed E-state index contributed by atoms with van der Waals surface area (Å²) in [6.07, 6.45) is 7.59. The fourth-order valence-electron chi connectivity index (χ4n) is 3.74. The van der Waals surface area contributed by atoms with Gasteiger partial charge in [-0.3, -0.25) is 0 Å². The smallest absolute Gasteiger partial charge is 0.269 e. The average Bonchev–Trinajstić information content (AvgIpc) is 2.48. The van der Waals surface area contributed by atoms with Crippen molar-refractivity contribution < 1.29 is 4.43 Å². The van der Waals surface area contributed by atoms with Crippen LogP contribution >= 0.6 is 21.8 Å². The maximum atomic E-state index is 7.05. The summed E-state index contributed by atoms with van der Waals surface area (Å²) in [6.45, 7) is 14.2. The van der Waals surface area contributed by atoms with Gasteiger partial charge in [0.25, 0.3) is 5.81 Å². The third kappa shape index (κ3) is 4.53. The number of hydrogen-bond donors (Lipinski definition) is 0. The first-order valence-electron chi connectivity index (χ1n) is 9.17. The van der Waals surface area contributed by atoms with Crippen molar-refractivity contribution in [1.29, 1.82) is 0 Å². The molecule has 134 valence electrons. The molecule has 1 aromatic carbocycles. The second-order valence-electron chi connectivity index (χ2n) is 9.08. The summed E-state index contributed by atoms with van der Waals surface area (Å²) in [5.41, 5.74) is 2.80. The molecular formula is C21H33IOSi. The molecule has 0 aliphatic heterocycles. The molecule has 1 aliphatic rings. The molecule has 0 spiro atoms. The van der Waals surface area contributed by atoms with Gasteiger partial charge in [0.15, 0.2) is 0 Å². The van der Waals surface area contributed by atoms with E-state index >= 15 is 0 Å². The van der Waals surface area contributed by atoms with Crippen molar-refractivity contribution in [1.82, 2.24) is 0 Å². The Kier molecular flexibility index (Phi) is 6.41. The Morgan fingerprint density at radius 3 is 2.12 bits per heavy atom. The maximum Gasteiger partial charge on any atom is 0.269 e. The molecule has 0 heterocycles. The van der Waals surface area contributed by atoms with Crippen LogP contribution in [0, 0.1) is 0 Å². The van der Waals surface area contributed by atoms with Crippen molar-refractivity contribution in [3.05, 3.63) is 41.5 Å². The van der Waals surface area contributed by atoms with Gasteiger partial charge in [0.05, 0.1) is 6.10 Å². The average molecular weight is 456 g/mol. The highest BCUT2D eigenvalue weighted by molar-refractivity contribution is 14.1. The molecule has 1 aromatic rings. The van der Waals surface area contributed by atoms with E-state index in [0.717, 1.165) is 0 Å². The van der Waals surface area contributed by atoms with Crippen LogP contribution in [0.15, 0.2) is 35.9 Å². The van der Waals surface area contributed by atoms with Crippen molar-refractivity contribution in [3.63, 3.8) is 0 Å². The lowest BCUT2D eigenvalue weighted by atomic mass is 9.91. The SMILES string of the molecule is CC(C)(C)[Si](I)(OC1CCCC/C1=C\c1ccccc1)C(C)(C)C. The quantitative estimate of drug-likeness (QED) is 0.260. The molecule has 1 nitrogen and oxygen atoms in total. The highest BCUT2D eigenvalue weighted by Crippen LogP contribution is 2.56. The fraction of sp³-hybridized carbons (Fsp3) is 0.619. The summed E-state index contributed by atoms with van der Waals surface area (Å²) in [6, 6.07) is 10.7. The van der Waals surface area contributed by atoms with E-state index in [1.54, 1.807) is 0 Å². The molecule has 1 unspecified atom stereocenters. The Morgan fingerprint density at radius 2 is 1.58 bits per heavy atom. The zero-order valence-corrected chi connectivity index (χ0v) is 19.3. The third-order valence-electron chi connectivity index (χ3n) is 4.98. The van der Waals surface area contributed by atoms with Crippen LogP contribution in [0.25, 0.3) is 6.08 Å². The van der Waals surface area contributed by atoms with Gasteiger partial charge < -0.3 is 4.43 Å². The van der Waals surface area contributed by atoms with E-state index in [0.29, 0.717) is 6.10 Å². The van der Waals surface area contributed by atoms with Gasteiger partial charge in [0, 0.05) is 0 Å². The minimum atomic E-state index is -1.97. The van der Waals surface area contributed by atoms with Crippen LogP contribution in [0.1, 0.15) is 72.8 Å². The highest BCUT2D eigenvalue weighted by atomic mass is 127. The molecule has 0 aromatic heterocycles. The van der Waals surface area contributed by atoms with E-state index in [1.165, 1.54) is 36.8 Å². The zero-order chi connectivity index (χ0) is 18.0. The second-order valence-corrected chi connectivity index (χ2v) is 18.1. The summed E-state index contributed by atoms with van der Waals surface area (Å²) in [5.74, 6) is -1.97. The van der Waals surface area contributed by atoms with Crippen LogP contribution in [-0.2, 0) is 4.43 Å². The first-order chi connectivity index (χ1) is 11.0. The number of benzene rings is 1. The van der Waals surface area contributed by atoms with Crippen molar-refractivity contribution in [2.45, 2.75) is 83.4 Å². The molecule has 0 bridgehead atoms. The summed E-state index contributed by atoms with van der Waals surface area (Å²) in [7, 11) is 0. The molecule has 0 N–H and O–H groups in total. The standard InChI is InChI=1S/C21H33IOSi/c1-20(2,3)24(22,21(4,5)6)23-19-15-11-10-14-18(19)16-17-12-8-7-9-13-17/h7-9,12-13,16,19H,10-11,14-15H2,1-6H3/b18-16+. The van der Waals surface area contributed by atoms with Gasteiger partial charge in [0.1, 0.15) is 0 Å². The summed E-state index contributed by atoms with van der Waals surface area (Å²) >= 11 is 2.72. The predicted octanol–water partition coefficient (Wildman–Crippen LogP) is 7.51. The highest BCUT2D eigenvalue weighted by Gasteiger charge is 2.55. The molecule has 3 heteroatoms. The Bertz CT molecular complexity index is 552. The monoisotopic (exact) mass is 456 g/mol. The first kappa shape index (κ1) is 20.2. The number of rotatable bonds is 3. The molecule has 2 rings (SSSR count). The van der Waals surface area contributed by atoms with E-state index in [-0.39, 0.29) is 10.1 Å². The summed E-state index contributed by atoms with van der Waals surface area (Å²) in [5, 5.41) is 0.419. The van der Waals surface area contributed by atoms with Crippen LogP contribution in [-0.4, -0.2) is 11.9 Å². The van der Waals surface area contributed by atoms with Gasteiger partial charge >= 0.3 is 0 Å². The third-order valence-corrected chi connectivity index (χ3v) is 19.9. The predicted molar refractivity (Wildman–Crippen MR) is 117 cm³/mol. The zero-order valence-electron chi connectivity index (χ0n) is 16.2. The molecule has 24 heavy (non-hydrogen) atoms. The van der Waals surface area contributed by atoms with Gasteiger partial charge in [-0.25, -0.2) is 0 Å². The molecule has 1 aliphatic carbocycles. The summed E-state index contributed by atoms with van der Waals surface area (Å²) in [4.78, 5) is 0. The minimum Gasteiger partial charge on any atom is -0.399 e. The second kappa shape index (κ2) is 7.63. The summed E-state index contributed by atoms with van der Waals surface area (Å²) < 4.78 is 7.05. The molecule has 0 saturated heterocycles. The van der Waals surface area contributed by atoms with E-state index in [2.05, 4.69) is 99.7 Å². The van der Waals surface area contributed by atoms with Gasteiger partial charge in [-0.05, 0) is 40.5 Å².